The Kier molecular flexibility index (Phi) is 6.83. The fourth-order valence-electron chi connectivity index (χ4n) is 0.853. The molecule has 0 fully saturated rings. The Labute approximate surface area is 100 Å². The third-order valence-electron chi connectivity index (χ3n) is 1.49. The van der Waals surface area contributed by atoms with Crippen molar-refractivity contribution in [2.75, 3.05) is 11.9 Å². The van der Waals surface area contributed by atoms with E-state index >= 15 is 0 Å². The van der Waals surface area contributed by atoms with Crippen LogP contribution in [0.25, 0.3) is 0 Å². The zero-order chi connectivity index (χ0) is 10.4. The molecule has 0 aliphatic carbocycles. The normalized spacial score (nSPS) is 10.7. The topological polar surface area (TPSA) is 63.3 Å². The predicted octanol–water partition coefficient (Wildman–Crippen LogP) is 2.29. The van der Waals surface area contributed by atoms with Gasteiger partial charge in [-0.25, -0.2) is 4.98 Å². The first kappa shape index (κ1) is 14.0. The first-order valence-electron chi connectivity index (χ1n) is 4.41. The molecule has 0 saturated carbocycles. The molecule has 1 heterocycles. The van der Waals surface area contributed by atoms with E-state index in [2.05, 4.69) is 15.3 Å². The van der Waals surface area contributed by atoms with E-state index in [0.29, 0.717) is 23.3 Å². The smallest absolute Gasteiger partial charge is 0.194 e. The minimum Gasteiger partial charge on any atom is -0.370 e. The van der Waals surface area contributed by atoms with Crippen LogP contribution in [0.1, 0.15) is 13.3 Å². The van der Waals surface area contributed by atoms with Gasteiger partial charge in [-0.2, -0.15) is 0 Å². The summed E-state index contributed by atoms with van der Waals surface area (Å²) in [7, 11) is 0. The Morgan fingerprint density at radius 1 is 1.60 bits per heavy atom. The van der Waals surface area contributed by atoms with Crippen molar-refractivity contribution in [3.05, 3.63) is 23.4 Å². The van der Waals surface area contributed by atoms with Crippen LogP contribution < -0.4 is 11.1 Å². The van der Waals surface area contributed by atoms with Gasteiger partial charge in [0.15, 0.2) is 5.96 Å². The van der Waals surface area contributed by atoms with Crippen molar-refractivity contribution in [3.8, 4) is 0 Å². The monoisotopic (exact) mass is 248 g/mol. The van der Waals surface area contributed by atoms with Crippen molar-refractivity contribution in [2.45, 2.75) is 13.3 Å². The maximum absolute atomic E-state index is 5.68. The summed E-state index contributed by atoms with van der Waals surface area (Å²) < 4.78 is 0. The lowest BCUT2D eigenvalue weighted by atomic mass is 10.4. The van der Waals surface area contributed by atoms with Gasteiger partial charge in [-0.3, -0.25) is 4.99 Å². The lowest BCUT2D eigenvalue weighted by Crippen LogP contribution is -2.23. The number of anilines is 1. The number of nitrogens with two attached hydrogens (primary N) is 1. The number of aliphatic imine (C=N–C) groups is 1. The average molecular weight is 249 g/mol. The van der Waals surface area contributed by atoms with Crippen molar-refractivity contribution in [2.24, 2.45) is 10.7 Å². The van der Waals surface area contributed by atoms with Crippen LogP contribution in [-0.4, -0.2) is 17.5 Å². The van der Waals surface area contributed by atoms with E-state index in [-0.39, 0.29) is 12.4 Å². The summed E-state index contributed by atoms with van der Waals surface area (Å²) in [6.07, 6.45) is 2.52. The van der Waals surface area contributed by atoms with E-state index in [9.17, 15) is 0 Å². The van der Waals surface area contributed by atoms with Crippen molar-refractivity contribution in [1.29, 1.82) is 0 Å². The number of nitrogens with zero attached hydrogens (tertiary/aromatic N) is 2. The molecule has 1 rings (SSSR count). The second kappa shape index (κ2) is 7.31. The molecule has 0 aliphatic heterocycles. The van der Waals surface area contributed by atoms with Gasteiger partial charge in [0, 0.05) is 12.7 Å². The van der Waals surface area contributed by atoms with E-state index in [1.807, 2.05) is 6.92 Å². The zero-order valence-electron chi connectivity index (χ0n) is 8.40. The van der Waals surface area contributed by atoms with E-state index in [0.717, 1.165) is 6.42 Å². The minimum absolute atomic E-state index is 0. The Bertz CT molecular complexity index is 310. The number of nitrogens with one attached hydrogen (secondary N) is 1. The molecule has 84 valence electrons. The standard InChI is InChI=1S/C9H13ClN4.ClH/c1-2-5-12-9(11)14-8-4-3-7(10)6-13-8;/h3-4,6H,2,5H2,1H3,(H3,11,12,13,14);1H. The van der Waals surface area contributed by atoms with Crippen molar-refractivity contribution < 1.29 is 0 Å². The number of pyridine rings is 1. The van der Waals surface area contributed by atoms with Gasteiger partial charge in [0.25, 0.3) is 0 Å². The van der Waals surface area contributed by atoms with Gasteiger partial charge < -0.3 is 11.1 Å². The molecule has 0 amide bonds. The van der Waals surface area contributed by atoms with E-state index < -0.39 is 0 Å². The summed E-state index contributed by atoms with van der Waals surface area (Å²) in [5, 5.41) is 3.46. The number of rotatable bonds is 3. The summed E-state index contributed by atoms with van der Waals surface area (Å²) in [6, 6.07) is 3.49. The number of guanidine groups is 1. The second-order valence-corrected chi connectivity index (χ2v) is 3.19. The van der Waals surface area contributed by atoms with E-state index in [4.69, 9.17) is 17.3 Å². The van der Waals surface area contributed by atoms with Crippen molar-refractivity contribution >= 4 is 35.8 Å². The summed E-state index contributed by atoms with van der Waals surface area (Å²) >= 11 is 5.68. The van der Waals surface area contributed by atoms with Crippen LogP contribution in [-0.2, 0) is 0 Å². The molecule has 4 nitrogen and oxygen atoms in total. The van der Waals surface area contributed by atoms with Crippen LogP contribution in [0.15, 0.2) is 23.3 Å². The Morgan fingerprint density at radius 2 is 2.33 bits per heavy atom. The predicted molar refractivity (Wildman–Crippen MR) is 66.9 cm³/mol. The van der Waals surface area contributed by atoms with Crippen molar-refractivity contribution in [3.63, 3.8) is 0 Å². The minimum atomic E-state index is 0. The third kappa shape index (κ3) is 5.44. The summed E-state index contributed by atoms with van der Waals surface area (Å²) in [6.45, 7) is 2.75. The van der Waals surface area contributed by atoms with E-state index in [1.54, 1.807) is 18.3 Å². The highest BCUT2D eigenvalue weighted by molar-refractivity contribution is 6.30. The highest BCUT2D eigenvalue weighted by atomic mass is 35.5. The summed E-state index contributed by atoms with van der Waals surface area (Å²) in [4.78, 5) is 8.09. The first-order chi connectivity index (χ1) is 6.72. The highest BCUT2D eigenvalue weighted by Crippen LogP contribution is 2.08. The Hall–Kier alpha value is -1.000. The average Bonchev–Trinajstić information content (AvgIpc) is 2.18. The van der Waals surface area contributed by atoms with Gasteiger partial charge in [0.2, 0.25) is 0 Å². The summed E-state index contributed by atoms with van der Waals surface area (Å²) in [5.74, 6) is 1.02. The molecule has 1 aromatic rings. The largest absolute Gasteiger partial charge is 0.370 e. The third-order valence-corrected chi connectivity index (χ3v) is 1.71. The van der Waals surface area contributed by atoms with Gasteiger partial charge in [-0.05, 0) is 18.6 Å². The molecule has 15 heavy (non-hydrogen) atoms. The molecule has 1 aromatic heterocycles. The number of hydrogen-bond acceptors (Lipinski definition) is 2. The fraction of sp³-hybridized carbons (Fsp3) is 0.333. The molecule has 0 atom stereocenters. The van der Waals surface area contributed by atoms with Gasteiger partial charge in [0.1, 0.15) is 5.82 Å². The highest BCUT2D eigenvalue weighted by Gasteiger charge is 1.95. The van der Waals surface area contributed by atoms with E-state index in [1.165, 1.54) is 0 Å². The lowest BCUT2D eigenvalue weighted by molar-refractivity contribution is 0.929. The maximum atomic E-state index is 5.68. The Balaban J connectivity index is 0.00000196. The fourth-order valence-corrected chi connectivity index (χ4v) is 0.965. The molecule has 0 aliphatic rings. The van der Waals surface area contributed by atoms with Crippen LogP contribution >= 0.6 is 24.0 Å². The van der Waals surface area contributed by atoms with Gasteiger partial charge in [-0.15, -0.1) is 12.4 Å². The molecule has 3 N–H and O–H groups in total. The molecular weight excluding hydrogens is 235 g/mol. The molecule has 0 aromatic carbocycles. The molecular formula is C9H14Cl2N4. The number of halogens is 2. The van der Waals surface area contributed by atoms with Crippen molar-refractivity contribution in [1.82, 2.24) is 4.98 Å². The number of aromatic nitrogens is 1. The van der Waals surface area contributed by atoms with Crippen LogP contribution in [0.5, 0.6) is 0 Å². The lowest BCUT2D eigenvalue weighted by Gasteiger charge is -2.03. The molecule has 0 bridgehead atoms. The van der Waals surface area contributed by atoms with Crippen LogP contribution in [0.2, 0.25) is 5.02 Å². The van der Waals surface area contributed by atoms with Crippen LogP contribution in [0.4, 0.5) is 5.82 Å². The number of hydrogen-bond donors (Lipinski definition) is 2. The van der Waals surface area contributed by atoms with Gasteiger partial charge in [-0.1, -0.05) is 18.5 Å². The molecule has 0 unspecified atom stereocenters. The summed E-state index contributed by atoms with van der Waals surface area (Å²) in [5.41, 5.74) is 5.60. The first-order valence-corrected chi connectivity index (χ1v) is 4.78. The molecule has 0 spiro atoms. The zero-order valence-corrected chi connectivity index (χ0v) is 9.98. The Morgan fingerprint density at radius 3 is 2.87 bits per heavy atom. The maximum Gasteiger partial charge on any atom is 0.194 e. The molecule has 0 saturated heterocycles. The molecule has 0 radical (unpaired) electrons. The molecule has 6 heteroatoms. The van der Waals surface area contributed by atoms with Gasteiger partial charge >= 0.3 is 0 Å². The van der Waals surface area contributed by atoms with Gasteiger partial charge in [0.05, 0.1) is 5.02 Å². The van der Waals surface area contributed by atoms with Crippen LogP contribution in [0, 0.1) is 0 Å². The quantitative estimate of drug-likeness (QED) is 0.638. The SMILES string of the molecule is CCCN=C(N)Nc1ccc(Cl)cn1.Cl. The second-order valence-electron chi connectivity index (χ2n) is 2.75. The van der Waals surface area contributed by atoms with Crippen LogP contribution in [0.3, 0.4) is 0 Å².